The Balaban J connectivity index is 1.95. The third-order valence-electron chi connectivity index (χ3n) is 3.89. The Hall–Kier alpha value is -2.15. The van der Waals surface area contributed by atoms with Crippen LogP contribution in [0.2, 0.25) is 5.02 Å². The molecule has 0 radical (unpaired) electrons. The maximum absolute atomic E-state index is 8.79. The molecule has 6 nitrogen and oxygen atoms in total. The van der Waals surface area contributed by atoms with E-state index in [-0.39, 0.29) is 6.61 Å². The van der Waals surface area contributed by atoms with E-state index in [0.717, 1.165) is 47.1 Å². The number of hydrogen-bond acceptors (Lipinski definition) is 6. The van der Waals surface area contributed by atoms with E-state index in [1.54, 1.807) is 13.2 Å². The lowest BCUT2D eigenvalue weighted by Crippen LogP contribution is -2.21. The van der Waals surface area contributed by atoms with Crippen LogP contribution in [0.1, 0.15) is 6.42 Å². The number of aliphatic hydroxyl groups is 1. The van der Waals surface area contributed by atoms with Crippen LogP contribution in [0.15, 0.2) is 30.3 Å². The fourth-order valence-electron chi connectivity index (χ4n) is 2.70. The van der Waals surface area contributed by atoms with Crippen molar-refractivity contribution < 1.29 is 9.84 Å². The molecule has 0 saturated carbocycles. The van der Waals surface area contributed by atoms with Crippen molar-refractivity contribution >= 4 is 39.2 Å². The van der Waals surface area contributed by atoms with E-state index >= 15 is 0 Å². The fourth-order valence-corrected chi connectivity index (χ4v) is 2.86. The summed E-state index contributed by atoms with van der Waals surface area (Å²) in [5, 5.41) is 17.1. The summed E-state index contributed by atoms with van der Waals surface area (Å²) in [4.78, 5) is 9.23. The number of aliphatic hydroxyl groups excluding tert-OH is 1. The van der Waals surface area contributed by atoms with Crippen LogP contribution in [-0.4, -0.2) is 48.4 Å². The molecule has 3 rings (SSSR count). The number of ether oxygens (including phenoxy) is 1. The monoisotopic (exact) mass is 360 g/mol. The number of nitrogens with one attached hydrogen (secondary N) is 2. The van der Waals surface area contributed by atoms with E-state index in [1.165, 1.54) is 0 Å². The van der Waals surface area contributed by atoms with E-state index < -0.39 is 0 Å². The summed E-state index contributed by atoms with van der Waals surface area (Å²) >= 11 is 6.12. The molecule has 0 fully saturated rings. The second kappa shape index (κ2) is 8.29. The molecule has 132 valence electrons. The van der Waals surface area contributed by atoms with E-state index in [0.29, 0.717) is 17.4 Å². The molecule has 2 aromatic heterocycles. The van der Waals surface area contributed by atoms with Gasteiger partial charge in [-0.3, -0.25) is 0 Å². The lowest BCUT2D eigenvalue weighted by molar-refractivity contribution is 0.292. The SMILES string of the molecule is COc1ccc2nc3cc(Cl)ccc3c(NCCCNCCO)c2n1. The van der Waals surface area contributed by atoms with Gasteiger partial charge in [0.05, 0.1) is 30.4 Å². The molecule has 0 aliphatic heterocycles. The topological polar surface area (TPSA) is 79.3 Å². The molecule has 25 heavy (non-hydrogen) atoms. The number of anilines is 1. The quantitative estimate of drug-likeness (QED) is 0.423. The predicted octanol–water partition coefficient (Wildman–Crippen LogP) is 2.83. The van der Waals surface area contributed by atoms with E-state index in [1.807, 2.05) is 24.3 Å². The van der Waals surface area contributed by atoms with Crippen LogP contribution in [0, 0.1) is 0 Å². The van der Waals surface area contributed by atoms with Crippen LogP contribution in [0.5, 0.6) is 5.88 Å². The maximum Gasteiger partial charge on any atom is 0.213 e. The summed E-state index contributed by atoms with van der Waals surface area (Å²) in [6.45, 7) is 2.36. The molecule has 0 atom stereocenters. The molecule has 2 heterocycles. The summed E-state index contributed by atoms with van der Waals surface area (Å²) in [7, 11) is 1.60. The van der Waals surface area contributed by atoms with Gasteiger partial charge in [-0.15, -0.1) is 0 Å². The molecule has 3 aromatic rings. The lowest BCUT2D eigenvalue weighted by Gasteiger charge is -2.13. The van der Waals surface area contributed by atoms with Crippen LogP contribution in [0.3, 0.4) is 0 Å². The highest BCUT2D eigenvalue weighted by Gasteiger charge is 2.11. The summed E-state index contributed by atoms with van der Waals surface area (Å²) in [6, 6.07) is 9.36. The highest BCUT2D eigenvalue weighted by atomic mass is 35.5. The van der Waals surface area contributed by atoms with Gasteiger partial charge >= 0.3 is 0 Å². The summed E-state index contributed by atoms with van der Waals surface area (Å²) in [6.07, 6.45) is 0.920. The molecule has 0 amide bonds. The summed E-state index contributed by atoms with van der Waals surface area (Å²) in [5.74, 6) is 0.551. The smallest absolute Gasteiger partial charge is 0.213 e. The molecular weight excluding hydrogens is 340 g/mol. The highest BCUT2D eigenvalue weighted by Crippen LogP contribution is 2.32. The zero-order valence-corrected chi connectivity index (χ0v) is 14.8. The van der Waals surface area contributed by atoms with Crippen molar-refractivity contribution in [3.8, 4) is 5.88 Å². The first kappa shape index (κ1) is 17.7. The summed E-state index contributed by atoms with van der Waals surface area (Å²) < 4.78 is 5.26. The number of halogens is 1. The molecule has 1 aromatic carbocycles. The number of nitrogens with zero attached hydrogens (tertiary/aromatic N) is 2. The van der Waals surface area contributed by atoms with Gasteiger partial charge in [-0.05, 0) is 37.2 Å². The summed E-state index contributed by atoms with van der Waals surface area (Å²) in [5.41, 5.74) is 3.32. The Morgan fingerprint density at radius 1 is 1.08 bits per heavy atom. The molecule has 3 N–H and O–H groups in total. The molecule has 0 aliphatic carbocycles. The number of rotatable bonds is 8. The van der Waals surface area contributed by atoms with Crippen molar-refractivity contribution in [2.45, 2.75) is 6.42 Å². The van der Waals surface area contributed by atoms with Crippen molar-refractivity contribution in [2.24, 2.45) is 0 Å². The number of pyridine rings is 2. The lowest BCUT2D eigenvalue weighted by atomic mass is 10.1. The van der Waals surface area contributed by atoms with Crippen LogP contribution >= 0.6 is 11.6 Å². The Bertz CT molecular complexity index is 872. The van der Waals surface area contributed by atoms with E-state index in [2.05, 4.69) is 20.6 Å². The van der Waals surface area contributed by atoms with Gasteiger partial charge in [-0.2, -0.15) is 0 Å². The molecule has 0 aliphatic rings. The number of aromatic nitrogens is 2. The van der Waals surface area contributed by atoms with Crippen LogP contribution in [-0.2, 0) is 0 Å². The van der Waals surface area contributed by atoms with Crippen LogP contribution < -0.4 is 15.4 Å². The minimum atomic E-state index is 0.150. The maximum atomic E-state index is 8.79. The second-order valence-electron chi connectivity index (χ2n) is 5.62. The standard InChI is InChI=1S/C18H21ClN4O2/c1-25-16-6-5-14-18(23-16)17(21-8-2-7-20-9-10-24)13-4-3-12(19)11-15(13)22-14/h3-6,11,20,24H,2,7-10H2,1H3,(H,21,22). The largest absolute Gasteiger partial charge is 0.481 e. The molecular formula is C18H21ClN4O2. The number of fused-ring (bicyclic) bond motifs is 2. The van der Waals surface area contributed by atoms with Crippen molar-refractivity contribution in [2.75, 3.05) is 38.7 Å². The third kappa shape index (κ3) is 4.10. The fraction of sp³-hybridized carbons (Fsp3) is 0.333. The van der Waals surface area contributed by atoms with Gasteiger partial charge in [-0.1, -0.05) is 11.6 Å². The Labute approximate surface area is 151 Å². The van der Waals surface area contributed by atoms with Crippen molar-refractivity contribution in [1.82, 2.24) is 15.3 Å². The van der Waals surface area contributed by atoms with Gasteiger partial charge in [0.1, 0.15) is 5.52 Å². The number of benzene rings is 1. The first-order chi connectivity index (χ1) is 12.2. The van der Waals surface area contributed by atoms with Crippen LogP contribution in [0.25, 0.3) is 21.9 Å². The molecule has 0 saturated heterocycles. The minimum absolute atomic E-state index is 0.150. The normalized spacial score (nSPS) is 11.2. The van der Waals surface area contributed by atoms with Crippen molar-refractivity contribution in [3.05, 3.63) is 35.4 Å². The van der Waals surface area contributed by atoms with E-state index in [4.69, 9.17) is 21.4 Å². The zero-order valence-electron chi connectivity index (χ0n) is 14.1. The zero-order chi connectivity index (χ0) is 17.6. The predicted molar refractivity (Wildman–Crippen MR) is 102 cm³/mol. The molecule has 0 spiro atoms. The molecule has 0 unspecified atom stereocenters. The third-order valence-corrected chi connectivity index (χ3v) is 4.12. The Morgan fingerprint density at radius 3 is 2.76 bits per heavy atom. The highest BCUT2D eigenvalue weighted by molar-refractivity contribution is 6.31. The van der Waals surface area contributed by atoms with E-state index in [9.17, 15) is 0 Å². The second-order valence-corrected chi connectivity index (χ2v) is 6.06. The molecule has 0 bridgehead atoms. The number of hydrogen-bond donors (Lipinski definition) is 3. The van der Waals surface area contributed by atoms with Crippen LogP contribution in [0.4, 0.5) is 5.69 Å². The van der Waals surface area contributed by atoms with Gasteiger partial charge < -0.3 is 20.5 Å². The van der Waals surface area contributed by atoms with Gasteiger partial charge in [0.15, 0.2) is 0 Å². The Kier molecular flexibility index (Phi) is 5.86. The van der Waals surface area contributed by atoms with Gasteiger partial charge in [-0.25, -0.2) is 9.97 Å². The minimum Gasteiger partial charge on any atom is -0.481 e. The molecule has 7 heteroatoms. The first-order valence-corrected chi connectivity index (χ1v) is 8.60. The Morgan fingerprint density at radius 2 is 1.96 bits per heavy atom. The van der Waals surface area contributed by atoms with Crippen molar-refractivity contribution in [1.29, 1.82) is 0 Å². The van der Waals surface area contributed by atoms with Gasteiger partial charge in [0.2, 0.25) is 5.88 Å². The van der Waals surface area contributed by atoms with Crippen molar-refractivity contribution in [3.63, 3.8) is 0 Å². The van der Waals surface area contributed by atoms with Gasteiger partial charge in [0, 0.05) is 29.6 Å². The van der Waals surface area contributed by atoms with Gasteiger partial charge in [0.25, 0.3) is 0 Å². The first-order valence-electron chi connectivity index (χ1n) is 8.22. The number of methoxy groups -OCH3 is 1. The average molecular weight is 361 g/mol. The average Bonchev–Trinajstić information content (AvgIpc) is 2.63.